The van der Waals surface area contributed by atoms with Gasteiger partial charge in [0.15, 0.2) is 5.78 Å². The summed E-state index contributed by atoms with van der Waals surface area (Å²) in [6, 6.07) is 20.2. The van der Waals surface area contributed by atoms with Crippen LogP contribution >= 0.6 is 0 Å². The van der Waals surface area contributed by atoms with Crippen LogP contribution in [-0.4, -0.2) is 28.9 Å². The molecule has 0 bridgehead atoms. The number of aliphatic hydroxyl groups excluding tert-OH is 1. The van der Waals surface area contributed by atoms with Crippen molar-refractivity contribution in [2.75, 3.05) is 0 Å². The number of allylic oxidation sites excluding steroid dienone is 2. The zero-order valence-corrected chi connectivity index (χ0v) is 26.1. The average molecular weight is 700 g/mol. The van der Waals surface area contributed by atoms with Crippen LogP contribution in [0.4, 0.5) is 0 Å². The van der Waals surface area contributed by atoms with Gasteiger partial charge in [0.25, 0.3) is 0 Å². The summed E-state index contributed by atoms with van der Waals surface area (Å²) in [6.07, 6.45) is 1.17. The predicted octanol–water partition coefficient (Wildman–Crippen LogP) is 7.22. The zero-order chi connectivity index (χ0) is 26.7. The van der Waals surface area contributed by atoms with Gasteiger partial charge in [0.1, 0.15) is 5.58 Å². The van der Waals surface area contributed by atoms with E-state index in [1.54, 1.807) is 0 Å². The number of carbonyl (C=O) groups excluding carboxylic acids is 1. The summed E-state index contributed by atoms with van der Waals surface area (Å²) in [7, 11) is -1.59. The molecule has 0 amide bonds. The Morgan fingerprint density at radius 3 is 2.24 bits per heavy atom. The van der Waals surface area contributed by atoms with Crippen LogP contribution in [0.1, 0.15) is 39.0 Å². The fourth-order valence-electron chi connectivity index (χ4n) is 5.19. The normalized spacial score (nSPS) is 14.0. The summed E-state index contributed by atoms with van der Waals surface area (Å²) < 4.78 is 6.53. The Balaban J connectivity index is 0.000000375. The summed E-state index contributed by atoms with van der Waals surface area (Å²) in [4.78, 5) is 20.2. The van der Waals surface area contributed by atoms with Crippen molar-refractivity contribution in [1.29, 1.82) is 0 Å². The van der Waals surface area contributed by atoms with E-state index in [-0.39, 0.29) is 37.1 Å². The molecule has 197 valence electrons. The van der Waals surface area contributed by atoms with E-state index in [1.165, 1.54) is 36.1 Å². The second-order valence-corrected chi connectivity index (χ2v) is 16.3. The van der Waals surface area contributed by atoms with Crippen LogP contribution in [0.2, 0.25) is 19.6 Å². The molecule has 0 aliphatic heterocycles. The SMILES string of the molecule is CC(=O)/C=C(/C)O.CC1(C)c2nc3ccccc3nc2-c2[c-]ccc3oc4c([Si](C)(C)C)ccc1c4c23.[Ir]. The van der Waals surface area contributed by atoms with E-state index >= 15 is 0 Å². The first-order valence-corrected chi connectivity index (χ1v) is 16.0. The van der Waals surface area contributed by atoms with Gasteiger partial charge in [-0.15, -0.1) is 17.7 Å². The molecule has 38 heavy (non-hydrogen) atoms. The van der Waals surface area contributed by atoms with Crippen molar-refractivity contribution in [3.05, 3.63) is 77.7 Å². The molecule has 2 aromatic heterocycles. The minimum absolute atomic E-state index is 0. The second-order valence-electron chi connectivity index (χ2n) is 11.2. The molecule has 6 rings (SSSR count). The number of benzene rings is 3. The standard InChI is InChI=1S/C26H23N2OSi.C5H8O2.Ir/c1-26(2)16-13-14-20(30(3,4)5)24-22(16)21-15(9-8-12-19(21)29-24)23-25(26)28-18-11-7-6-10-17(18)27-23;1-4(6)3-5(2)7;/h6-8,10-14H,1-5H3;3,6H,1-2H3;/q-1;;/b;4-3-;. The Kier molecular flexibility index (Phi) is 7.25. The van der Waals surface area contributed by atoms with Crippen LogP contribution in [0.25, 0.3) is 44.2 Å². The van der Waals surface area contributed by atoms with E-state index in [2.05, 4.69) is 51.7 Å². The van der Waals surface area contributed by atoms with Gasteiger partial charge in [-0.2, -0.15) is 0 Å². The zero-order valence-electron chi connectivity index (χ0n) is 22.7. The Hall–Kier alpha value is -3.12. The van der Waals surface area contributed by atoms with Crippen molar-refractivity contribution in [3.63, 3.8) is 0 Å². The number of ketones is 1. The third kappa shape index (κ3) is 4.64. The smallest absolute Gasteiger partial charge is 0.155 e. The molecule has 0 fully saturated rings. The quantitative estimate of drug-likeness (QED) is 0.0913. The first kappa shape index (κ1) is 27.9. The topological polar surface area (TPSA) is 76.2 Å². The number of furan rings is 1. The molecule has 7 heteroatoms. The summed E-state index contributed by atoms with van der Waals surface area (Å²) in [5.74, 6) is -0.0625. The van der Waals surface area contributed by atoms with Gasteiger partial charge in [-0.05, 0) is 42.1 Å². The van der Waals surface area contributed by atoms with Gasteiger partial charge in [0.05, 0.1) is 30.4 Å². The summed E-state index contributed by atoms with van der Waals surface area (Å²) in [5.41, 5.74) is 7.63. The molecule has 0 unspecified atom stereocenters. The molecule has 1 radical (unpaired) electrons. The number of carbonyl (C=O) groups is 1. The number of fused-ring (bicyclic) bond motifs is 3. The number of rotatable bonds is 2. The molecule has 5 nitrogen and oxygen atoms in total. The van der Waals surface area contributed by atoms with Gasteiger partial charge in [0.2, 0.25) is 0 Å². The van der Waals surface area contributed by atoms with Gasteiger partial charge in [-0.25, -0.2) is 0 Å². The molecule has 0 saturated heterocycles. The molecule has 3 aromatic carbocycles. The number of hydrogen-bond acceptors (Lipinski definition) is 5. The van der Waals surface area contributed by atoms with Crippen LogP contribution in [0.15, 0.2) is 64.8 Å². The number of nitrogens with zero attached hydrogens (tertiary/aromatic N) is 2. The molecule has 1 aliphatic rings. The average Bonchev–Trinajstić information content (AvgIpc) is 3.17. The molecular formula is C31H31IrN2O3Si-. The van der Waals surface area contributed by atoms with Crippen molar-refractivity contribution in [1.82, 2.24) is 9.97 Å². The van der Waals surface area contributed by atoms with E-state index in [9.17, 15) is 4.79 Å². The van der Waals surface area contributed by atoms with Gasteiger partial charge in [-0.1, -0.05) is 69.2 Å². The van der Waals surface area contributed by atoms with E-state index in [0.717, 1.165) is 44.5 Å². The van der Waals surface area contributed by atoms with Crippen molar-refractivity contribution in [2.45, 2.75) is 52.8 Å². The largest absolute Gasteiger partial charge is 0.512 e. The maximum absolute atomic E-state index is 10.0. The fraction of sp³-hybridized carbons (Fsp3) is 0.258. The predicted molar refractivity (Wildman–Crippen MR) is 153 cm³/mol. The Labute approximate surface area is 237 Å². The van der Waals surface area contributed by atoms with Crippen molar-refractivity contribution < 1.29 is 34.4 Å². The van der Waals surface area contributed by atoms with Gasteiger partial charge in [0, 0.05) is 43.0 Å². The first-order chi connectivity index (χ1) is 17.4. The van der Waals surface area contributed by atoms with Crippen molar-refractivity contribution in [2.24, 2.45) is 0 Å². The molecule has 0 saturated carbocycles. The monoisotopic (exact) mass is 700 g/mol. The number of aliphatic hydroxyl groups is 1. The van der Waals surface area contributed by atoms with Crippen molar-refractivity contribution >= 4 is 52.0 Å². The molecule has 1 N–H and O–H groups in total. The minimum Gasteiger partial charge on any atom is -0.512 e. The van der Waals surface area contributed by atoms with E-state index in [0.29, 0.717) is 0 Å². The van der Waals surface area contributed by atoms with Gasteiger partial charge in [-0.3, -0.25) is 14.8 Å². The van der Waals surface area contributed by atoms with Crippen LogP contribution in [0, 0.1) is 6.07 Å². The fourth-order valence-corrected chi connectivity index (χ4v) is 6.63. The second kappa shape index (κ2) is 9.88. The van der Waals surface area contributed by atoms with Crippen LogP contribution in [0.5, 0.6) is 0 Å². The maximum Gasteiger partial charge on any atom is 0.155 e. The maximum atomic E-state index is 10.0. The number of hydrogen-bond donors (Lipinski definition) is 1. The summed E-state index contributed by atoms with van der Waals surface area (Å²) in [5, 5.41) is 12.1. The third-order valence-corrected chi connectivity index (χ3v) is 8.88. The molecule has 0 spiro atoms. The van der Waals surface area contributed by atoms with E-state index in [4.69, 9.17) is 19.5 Å². The molecule has 2 heterocycles. The Morgan fingerprint density at radius 1 is 1.00 bits per heavy atom. The van der Waals surface area contributed by atoms with E-state index in [1.807, 2.05) is 36.4 Å². The van der Waals surface area contributed by atoms with E-state index < -0.39 is 8.07 Å². The molecule has 1 aliphatic carbocycles. The Bertz CT molecular complexity index is 1740. The summed E-state index contributed by atoms with van der Waals surface area (Å²) >= 11 is 0. The van der Waals surface area contributed by atoms with Gasteiger partial charge < -0.3 is 9.52 Å². The van der Waals surface area contributed by atoms with Gasteiger partial charge >= 0.3 is 0 Å². The van der Waals surface area contributed by atoms with Crippen LogP contribution < -0.4 is 5.19 Å². The first-order valence-electron chi connectivity index (χ1n) is 12.5. The molecule has 0 atom stereocenters. The van der Waals surface area contributed by atoms with Crippen LogP contribution in [0.3, 0.4) is 0 Å². The molecule has 5 aromatic rings. The minimum atomic E-state index is -1.59. The number of aromatic nitrogens is 2. The summed E-state index contributed by atoms with van der Waals surface area (Å²) in [6.45, 7) is 14.5. The number of para-hydroxylation sites is 2. The third-order valence-electron chi connectivity index (χ3n) is 6.87. The molecular weight excluding hydrogens is 669 g/mol. The van der Waals surface area contributed by atoms with Crippen LogP contribution in [-0.2, 0) is 30.3 Å². The van der Waals surface area contributed by atoms with Crippen molar-refractivity contribution in [3.8, 4) is 11.3 Å². The Morgan fingerprint density at radius 2 is 1.66 bits per heavy atom.